The van der Waals surface area contributed by atoms with Gasteiger partial charge in [-0.15, -0.1) is 0 Å². The van der Waals surface area contributed by atoms with Gasteiger partial charge >= 0.3 is 0 Å². The molecular formula is C23H21N7S. The van der Waals surface area contributed by atoms with Crippen molar-refractivity contribution < 1.29 is 0 Å². The zero-order valence-corrected chi connectivity index (χ0v) is 17.9. The molecule has 5 aromatic heterocycles. The summed E-state index contributed by atoms with van der Waals surface area (Å²) in [7, 11) is 1.93. The molecule has 31 heavy (non-hydrogen) atoms. The fraction of sp³-hybridized carbons (Fsp3) is 0.217. The second-order valence-corrected chi connectivity index (χ2v) is 8.85. The first-order valence-corrected chi connectivity index (χ1v) is 11.2. The first-order chi connectivity index (χ1) is 15.2. The Bertz CT molecular complexity index is 1410. The lowest BCUT2D eigenvalue weighted by Crippen LogP contribution is -2.03. The van der Waals surface area contributed by atoms with Crippen molar-refractivity contribution in [2.24, 2.45) is 7.05 Å². The zero-order valence-electron chi connectivity index (χ0n) is 17.1. The average molecular weight is 428 g/mol. The number of fused-ring (bicyclic) bond motifs is 2. The number of hydrogen-bond acceptors (Lipinski definition) is 6. The molecule has 0 unspecified atom stereocenters. The molecule has 1 aliphatic carbocycles. The van der Waals surface area contributed by atoms with E-state index < -0.39 is 0 Å². The van der Waals surface area contributed by atoms with Crippen LogP contribution in [0.25, 0.3) is 32.7 Å². The molecule has 0 saturated carbocycles. The molecule has 0 spiro atoms. The lowest BCUT2D eigenvalue weighted by Gasteiger charge is -2.15. The van der Waals surface area contributed by atoms with Crippen molar-refractivity contribution in [3.63, 3.8) is 0 Å². The summed E-state index contributed by atoms with van der Waals surface area (Å²) >= 11 is 1.62. The Morgan fingerprint density at radius 3 is 2.90 bits per heavy atom. The third-order valence-electron chi connectivity index (χ3n) is 5.65. The van der Waals surface area contributed by atoms with E-state index in [1.807, 2.05) is 42.6 Å². The van der Waals surface area contributed by atoms with Gasteiger partial charge in [-0.3, -0.25) is 9.08 Å². The molecule has 1 N–H and O–H groups in total. The highest BCUT2D eigenvalue weighted by molar-refractivity contribution is 7.22. The second-order valence-electron chi connectivity index (χ2n) is 7.82. The Morgan fingerprint density at radius 1 is 1.13 bits per heavy atom. The standard InChI is InChI=1S/C23H21N7S/c1-29-13-17(11-26-29)19-12-25-22-21(28-20-10-16-8-5-9-24-23(16)31-20)27-18(14-30(19)22)15-6-3-2-4-7-15/h5-6,8-14H,2-4,7H2,1H3,(H,27,28). The van der Waals surface area contributed by atoms with Crippen molar-refractivity contribution in [3.8, 4) is 11.3 Å². The molecule has 0 amide bonds. The molecule has 0 aliphatic heterocycles. The van der Waals surface area contributed by atoms with Gasteiger partial charge < -0.3 is 5.32 Å². The van der Waals surface area contributed by atoms with Crippen LogP contribution < -0.4 is 5.32 Å². The van der Waals surface area contributed by atoms with E-state index in [9.17, 15) is 0 Å². The zero-order chi connectivity index (χ0) is 20.8. The van der Waals surface area contributed by atoms with E-state index in [4.69, 9.17) is 9.97 Å². The Labute approximate surface area is 183 Å². The van der Waals surface area contributed by atoms with E-state index in [2.05, 4.69) is 44.2 Å². The maximum absolute atomic E-state index is 5.00. The van der Waals surface area contributed by atoms with Crippen LogP contribution in [0.15, 0.2) is 55.3 Å². The summed E-state index contributed by atoms with van der Waals surface area (Å²) in [4.78, 5) is 15.2. The van der Waals surface area contributed by atoms with Crippen LogP contribution >= 0.6 is 11.3 Å². The van der Waals surface area contributed by atoms with Crippen molar-refractivity contribution in [1.29, 1.82) is 0 Å². The molecule has 0 saturated heterocycles. The number of anilines is 2. The summed E-state index contributed by atoms with van der Waals surface area (Å²) in [5, 5.41) is 9.98. The van der Waals surface area contributed by atoms with Crippen LogP contribution in [0.2, 0.25) is 0 Å². The van der Waals surface area contributed by atoms with E-state index in [0.29, 0.717) is 0 Å². The lowest BCUT2D eigenvalue weighted by atomic mass is 9.97. The maximum Gasteiger partial charge on any atom is 0.181 e. The minimum absolute atomic E-state index is 0.755. The van der Waals surface area contributed by atoms with E-state index in [-0.39, 0.29) is 0 Å². The van der Waals surface area contributed by atoms with Gasteiger partial charge in [0.2, 0.25) is 0 Å². The summed E-state index contributed by atoms with van der Waals surface area (Å²) in [6, 6.07) is 6.15. The highest BCUT2D eigenvalue weighted by Crippen LogP contribution is 2.34. The number of allylic oxidation sites excluding steroid dienone is 2. The number of nitrogens with one attached hydrogen (secondary N) is 1. The molecule has 5 heterocycles. The summed E-state index contributed by atoms with van der Waals surface area (Å²) < 4.78 is 3.94. The fourth-order valence-electron chi connectivity index (χ4n) is 4.12. The van der Waals surface area contributed by atoms with Crippen LogP contribution in [0.3, 0.4) is 0 Å². The third-order valence-corrected chi connectivity index (χ3v) is 6.62. The third kappa shape index (κ3) is 3.29. The molecule has 0 atom stereocenters. The monoisotopic (exact) mass is 427 g/mol. The molecule has 0 bridgehead atoms. The van der Waals surface area contributed by atoms with Gasteiger partial charge in [0.25, 0.3) is 0 Å². The number of thiophene rings is 1. The van der Waals surface area contributed by atoms with Crippen LogP contribution in [-0.4, -0.2) is 29.1 Å². The van der Waals surface area contributed by atoms with Gasteiger partial charge in [-0.25, -0.2) is 15.0 Å². The highest BCUT2D eigenvalue weighted by Gasteiger charge is 2.17. The van der Waals surface area contributed by atoms with Gasteiger partial charge in [0.1, 0.15) is 4.83 Å². The van der Waals surface area contributed by atoms with E-state index >= 15 is 0 Å². The summed E-state index contributed by atoms with van der Waals surface area (Å²) in [5.41, 5.74) is 5.13. The summed E-state index contributed by atoms with van der Waals surface area (Å²) in [6.45, 7) is 0. The number of imidazole rings is 1. The van der Waals surface area contributed by atoms with Gasteiger partial charge in [0.15, 0.2) is 11.5 Å². The Balaban J connectivity index is 1.51. The maximum atomic E-state index is 5.00. The molecule has 0 radical (unpaired) electrons. The van der Waals surface area contributed by atoms with Gasteiger partial charge in [-0.1, -0.05) is 23.5 Å². The first-order valence-electron chi connectivity index (χ1n) is 10.4. The molecule has 6 rings (SSSR count). The summed E-state index contributed by atoms with van der Waals surface area (Å²) in [5.74, 6) is 0.755. The normalized spacial score (nSPS) is 14.3. The van der Waals surface area contributed by atoms with Crippen molar-refractivity contribution >= 4 is 43.6 Å². The molecule has 154 valence electrons. The molecular weight excluding hydrogens is 406 g/mol. The molecule has 5 aromatic rings. The van der Waals surface area contributed by atoms with Crippen molar-refractivity contribution in [1.82, 2.24) is 29.1 Å². The second kappa shape index (κ2) is 7.31. The predicted molar refractivity (Wildman–Crippen MR) is 125 cm³/mol. The first kappa shape index (κ1) is 18.3. The van der Waals surface area contributed by atoms with Gasteiger partial charge in [0, 0.05) is 36.6 Å². The van der Waals surface area contributed by atoms with Crippen LogP contribution in [-0.2, 0) is 7.05 Å². The Hall–Kier alpha value is -3.52. The smallest absolute Gasteiger partial charge is 0.181 e. The minimum Gasteiger partial charge on any atom is -0.329 e. The van der Waals surface area contributed by atoms with Crippen LogP contribution in [0.5, 0.6) is 0 Å². The number of nitrogens with zero attached hydrogens (tertiary/aromatic N) is 6. The number of aryl methyl sites for hydroxylation is 1. The lowest BCUT2D eigenvalue weighted by molar-refractivity contribution is 0.739. The van der Waals surface area contributed by atoms with Gasteiger partial charge in [-0.2, -0.15) is 5.10 Å². The molecule has 0 aromatic carbocycles. The Morgan fingerprint density at radius 2 is 2.10 bits per heavy atom. The van der Waals surface area contributed by atoms with E-state index in [1.54, 1.807) is 11.3 Å². The topological polar surface area (TPSA) is 72.9 Å². The minimum atomic E-state index is 0.755. The molecule has 7 nitrogen and oxygen atoms in total. The molecule has 1 aliphatic rings. The Kier molecular flexibility index (Phi) is 4.31. The number of aromatic nitrogens is 6. The van der Waals surface area contributed by atoms with E-state index in [1.165, 1.54) is 18.4 Å². The average Bonchev–Trinajstić information content (AvgIpc) is 3.51. The van der Waals surface area contributed by atoms with Gasteiger partial charge in [-0.05, 0) is 43.4 Å². The fourth-order valence-corrected chi connectivity index (χ4v) is 5.02. The predicted octanol–water partition coefficient (Wildman–Crippen LogP) is 5.44. The van der Waals surface area contributed by atoms with E-state index in [0.717, 1.165) is 56.5 Å². The summed E-state index contributed by atoms with van der Waals surface area (Å²) in [6.07, 6.45) is 16.6. The number of pyridine rings is 1. The highest BCUT2D eigenvalue weighted by atomic mass is 32.1. The van der Waals surface area contributed by atoms with Gasteiger partial charge in [0.05, 0.1) is 28.8 Å². The van der Waals surface area contributed by atoms with Crippen LogP contribution in [0, 0.1) is 0 Å². The molecule has 8 heteroatoms. The largest absolute Gasteiger partial charge is 0.329 e. The van der Waals surface area contributed by atoms with Crippen molar-refractivity contribution in [3.05, 3.63) is 61.0 Å². The quantitative estimate of drug-likeness (QED) is 0.413. The molecule has 0 fully saturated rings. The SMILES string of the molecule is Cn1cc(-c2cnc3c(Nc4cc5cccnc5s4)nc(C4=CCCCC4)cn23)cn1. The van der Waals surface area contributed by atoms with Crippen LogP contribution in [0.4, 0.5) is 10.8 Å². The van der Waals surface area contributed by atoms with Crippen LogP contribution in [0.1, 0.15) is 31.4 Å². The van der Waals surface area contributed by atoms with Crippen molar-refractivity contribution in [2.45, 2.75) is 25.7 Å². The van der Waals surface area contributed by atoms with Crippen molar-refractivity contribution in [2.75, 3.05) is 5.32 Å². The number of rotatable bonds is 4. The number of hydrogen-bond donors (Lipinski definition) is 1.